The molecule has 0 bridgehead atoms. The molecule has 110 valence electrons. The Labute approximate surface area is 121 Å². The molecule has 1 aliphatic rings. The first-order valence-corrected chi connectivity index (χ1v) is 7.18. The highest BCUT2D eigenvalue weighted by Gasteiger charge is 2.30. The van der Waals surface area contributed by atoms with Crippen molar-refractivity contribution in [2.75, 3.05) is 26.1 Å². The van der Waals surface area contributed by atoms with E-state index in [9.17, 15) is 9.59 Å². The number of anilines is 1. The van der Waals surface area contributed by atoms with Crippen molar-refractivity contribution in [3.8, 4) is 0 Å². The summed E-state index contributed by atoms with van der Waals surface area (Å²) < 4.78 is 9.93. The van der Waals surface area contributed by atoms with Crippen molar-refractivity contribution in [1.82, 2.24) is 5.32 Å². The normalized spacial score (nSPS) is 21.8. The Balaban J connectivity index is 2.08. The number of thiophene rings is 1. The van der Waals surface area contributed by atoms with Gasteiger partial charge in [0.1, 0.15) is 4.88 Å². The fourth-order valence-electron chi connectivity index (χ4n) is 2.14. The number of ether oxygens (including phenoxy) is 2. The van der Waals surface area contributed by atoms with Crippen LogP contribution in [0.1, 0.15) is 21.7 Å². The van der Waals surface area contributed by atoms with Crippen molar-refractivity contribution in [3.05, 3.63) is 15.8 Å². The number of nitrogens with one attached hydrogen (secondary N) is 2. The minimum atomic E-state index is -0.437. The fourth-order valence-corrected chi connectivity index (χ4v) is 3.06. The summed E-state index contributed by atoms with van der Waals surface area (Å²) in [6.45, 7) is 2.50. The van der Waals surface area contributed by atoms with Crippen LogP contribution in [0.5, 0.6) is 0 Å². The zero-order chi connectivity index (χ0) is 14.7. The van der Waals surface area contributed by atoms with E-state index in [0.717, 1.165) is 5.56 Å². The van der Waals surface area contributed by atoms with E-state index in [1.54, 1.807) is 7.11 Å². The lowest BCUT2D eigenvalue weighted by molar-refractivity contribution is -0.118. The zero-order valence-electron chi connectivity index (χ0n) is 11.7. The number of hydrogen-bond donors (Lipinski definition) is 2. The second kappa shape index (κ2) is 6.34. The molecule has 2 unspecified atom stereocenters. The highest BCUT2D eigenvalue weighted by molar-refractivity contribution is 7.12. The number of carbonyl (C=O) groups excluding carboxylic acids is 2. The number of aryl methyl sites for hydroxylation is 1. The van der Waals surface area contributed by atoms with Crippen LogP contribution in [0.15, 0.2) is 5.38 Å². The smallest absolute Gasteiger partial charge is 0.350 e. The Kier molecular flexibility index (Phi) is 4.74. The summed E-state index contributed by atoms with van der Waals surface area (Å²) >= 11 is 1.26. The molecule has 0 radical (unpaired) electrons. The summed E-state index contributed by atoms with van der Waals surface area (Å²) in [5, 5.41) is 7.74. The van der Waals surface area contributed by atoms with E-state index in [0.29, 0.717) is 23.5 Å². The lowest BCUT2D eigenvalue weighted by Gasteiger charge is -2.12. The van der Waals surface area contributed by atoms with Crippen LogP contribution < -0.4 is 10.6 Å². The summed E-state index contributed by atoms with van der Waals surface area (Å²) in [5.41, 5.74) is 1.39. The maximum Gasteiger partial charge on any atom is 0.350 e. The average molecular weight is 298 g/mol. The predicted molar refractivity (Wildman–Crippen MR) is 76.2 cm³/mol. The SMILES string of the molecule is COC(=O)c1scc(C)c1NC(=O)C1CC(OC)CN1. The van der Waals surface area contributed by atoms with E-state index in [1.165, 1.54) is 18.4 Å². The van der Waals surface area contributed by atoms with Crippen LogP contribution in [0.4, 0.5) is 5.69 Å². The minimum Gasteiger partial charge on any atom is -0.465 e. The summed E-state index contributed by atoms with van der Waals surface area (Å²) in [6.07, 6.45) is 0.674. The number of amides is 1. The lowest BCUT2D eigenvalue weighted by Crippen LogP contribution is -2.35. The molecule has 2 atom stereocenters. The van der Waals surface area contributed by atoms with Crippen molar-refractivity contribution in [1.29, 1.82) is 0 Å². The molecule has 2 rings (SSSR count). The minimum absolute atomic E-state index is 0.0504. The van der Waals surface area contributed by atoms with Crippen molar-refractivity contribution in [3.63, 3.8) is 0 Å². The van der Waals surface area contributed by atoms with Gasteiger partial charge in [0.15, 0.2) is 0 Å². The molecule has 0 aliphatic carbocycles. The van der Waals surface area contributed by atoms with Gasteiger partial charge >= 0.3 is 5.97 Å². The highest BCUT2D eigenvalue weighted by Crippen LogP contribution is 2.28. The maximum atomic E-state index is 12.2. The van der Waals surface area contributed by atoms with E-state index in [4.69, 9.17) is 9.47 Å². The van der Waals surface area contributed by atoms with Crippen LogP contribution in [0, 0.1) is 6.92 Å². The first kappa shape index (κ1) is 15.0. The van der Waals surface area contributed by atoms with Gasteiger partial charge in [-0.1, -0.05) is 0 Å². The summed E-state index contributed by atoms with van der Waals surface area (Å²) in [6, 6.07) is -0.301. The fraction of sp³-hybridized carbons (Fsp3) is 0.538. The molecular weight excluding hydrogens is 280 g/mol. The third-order valence-corrected chi connectivity index (χ3v) is 4.41. The van der Waals surface area contributed by atoms with Crippen LogP contribution in [-0.4, -0.2) is 44.8 Å². The van der Waals surface area contributed by atoms with E-state index >= 15 is 0 Å². The molecule has 0 spiro atoms. The molecule has 1 saturated heterocycles. The van der Waals surface area contributed by atoms with Gasteiger partial charge in [0.05, 0.1) is 24.9 Å². The second-order valence-electron chi connectivity index (χ2n) is 4.66. The van der Waals surface area contributed by atoms with Crippen LogP contribution >= 0.6 is 11.3 Å². The standard InChI is InChI=1S/C13H18N2O4S/c1-7-6-20-11(13(17)19-3)10(7)15-12(16)9-4-8(18-2)5-14-9/h6,8-9,14H,4-5H2,1-3H3,(H,15,16). The van der Waals surface area contributed by atoms with Gasteiger partial charge in [0.25, 0.3) is 0 Å². The Morgan fingerprint density at radius 3 is 2.80 bits per heavy atom. The van der Waals surface area contributed by atoms with Crippen molar-refractivity contribution in [2.24, 2.45) is 0 Å². The zero-order valence-corrected chi connectivity index (χ0v) is 12.5. The quantitative estimate of drug-likeness (QED) is 0.816. The third-order valence-electron chi connectivity index (χ3n) is 3.33. The molecule has 1 aromatic heterocycles. The summed E-state index contributed by atoms with van der Waals surface area (Å²) in [4.78, 5) is 24.3. The van der Waals surface area contributed by atoms with Crippen LogP contribution in [-0.2, 0) is 14.3 Å². The van der Waals surface area contributed by atoms with Gasteiger partial charge in [-0.25, -0.2) is 4.79 Å². The van der Waals surface area contributed by atoms with Crippen molar-refractivity contribution < 1.29 is 19.1 Å². The molecule has 2 heterocycles. The largest absolute Gasteiger partial charge is 0.465 e. The first-order chi connectivity index (χ1) is 9.56. The molecule has 2 N–H and O–H groups in total. The second-order valence-corrected chi connectivity index (χ2v) is 5.54. The molecular formula is C13H18N2O4S. The lowest BCUT2D eigenvalue weighted by atomic mass is 10.2. The number of methoxy groups -OCH3 is 2. The number of hydrogen-bond acceptors (Lipinski definition) is 6. The molecule has 7 heteroatoms. The number of rotatable bonds is 4. The molecule has 20 heavy (non-hydrogen) atoms. The van der Waals surface area contributed by atoms with Gasteiger partial charge in [-0.2, -0.15) is 0 Å². The Hall–Kier alpha value is -1.44. The molecule has 1 aromatic rings. The van der Waals surface area contributed by atoms with Crippen LogP contribution in [0.3, 0.4) is 0 Å². The van der Waals surface area contributed by atoms with E-state index < -0.39 is 5.97 Å². The maximum absolute atomic E-state index is 12.2. The topological polar surface area (TPSA) is 76.7 Å². The summed E-state index contributed by atoms with van der Waals surface area (Å²) in [7, 11) is 2.95. The summed E-state index contributed by atoms with van der Waals surface area (Å²) in [5.74, 6) is -0.594. The molecule has 1 aliphatic heterocycles. The van der Waals surface area contributed by atoms with Gasteiger partial charge in [0.2, 0.25) is 5.91 Å². The molecule has 0 saturated carbocycles. The Bertz CT molecular complexity index is 514. The number of carbonyl (C=O) groups is 2. The molecule has 1 fully saturated rings. The van der Waals surface area contributed by atoms with Crippen molar-refractivity contribution >= 4 is 28.9 Å². The average Bonchev–Trinajstić information content (AvgIpc) is 3.06. The number of esters is 1. The van der Waals surface area contributed by atoms with Gasteiger partial charge < -0.3 is 20.1 Å². The molecule has 0 aromatic carbocycles. The van der Waals surface area contributed by atoms with Crippen LogP contribution in [0.2, 0.25) is 0 Å². The third kappa shape index (κ3) is 3.00. The van der Waals surface area contributed by atoms with Gasteiger partial charge in [-0.15, -0.1) is 11.3 Å². The Morgan fingerprint density at radius 1 is 1.45 bits per heavy atom. The monoisotopic (exact) mass is 298 g/mol. The Morgan fingerprint density at radius 2 is 2.20 bits per heavy atom. The van der Waals surface area contributed by atoms with Crippen LogP contribution in [0.25, 0.3) is 0 Å². The van der Waals surface area contributed by atoms with Gasteiger partial charge in [-0.3, -0.25) is 4.79 Å². The highest BCUT2D eigenvalue weighted by atomic mass is 32.1. The van der Waals surface area contributed by atoms with Gasteiger partial charge in [0, 0.05) is 13.7 Å². The van der Waals surface area contributed by atoms with E-state index in [-0.39, 0.29) is 18.1 Å². The van der Waals surface area contributed by atoms with E-state index in [1.807, 2.05) is 12.3 Å². The molecule has 1 amide bonds. The van der Waals surface area contributed by atoms with Gasteiger partial charge in [-0.05, 0) is 24.3 Å². The molecule has 6 nitrogen and oxygen atoms in total. The first-order valence-electron chi connectivity index (χ1n) is 6.30. The van der Waals surface area contributed by atoms with E-state index in [2.05, 4.69) is 10.6 Å². The predicted octanol–water partition coefficient (Wildman–Crippen LogP) is 1.16. The van der Waals surface area contributed by atoms with Crippen molar-refractivity contribution in [2.45, 2.75) is 25.5 Å².